The number of aryl methyl sites for hydroxylation is 1. The van der Waals surface area contributed by atoms with E-state index >= 15 is 0 Å². The maximum Gasteiger partial charge on any atom is 0.327 e. The summed E-state index contributed by atoms with van der Waals surface area (Å²) in [5, 5.41) is 19.1. The summed E-state index contributed by atoms with van der Waals surface area (Å²) in [6.45, 7) is 14.8. The Morgan fingerprint density at radius 3 is 2.56 bits per heavy atom. The monoisotopic (exact) mass is 756 g/mol. The summed E-state index contributed by atoms with van der Waals surface area (Å²) >= 11 is 1.36. The van der Waals surface area contributed by atoms with E-state index in [1.807, 2.05) is 0 Å². The fraction of sp³-hybridized carbons (Fsp3) is 0.595. The molecule has 12 heteroatoms. The Balaban J connectivity index is 0.844. The molecule has 2 saturated heterocycles. The highest BCUT2D eigenvalue weighted by molar-refractivity contribution is 8.01. The minimum Gasteiger partial charge on any atom is -0.480 e. The van der Waals surface area contributed by atoms with Crippen molar-refractivity contribution in [2.24, 2.45) is 28.6 Å². The van der Waals surface area contributed by atoms with Gasteiger partial charge < -0.3 is 29.9 Å². The Labute approximate surface area is 321 Å². The van der Waals surface area contributed by atoms with Gasteiger partial charge in [-0.05, 0) is 113 Å². The second-order valence-corrected chi connectivity index (χ2v) is 19.3. The molecule has 1 aromatic heterocycles. The number of benzene rings is 1. The molecule has 2 aromatic rings. The molecule has 6 aliphatic rings. The maximum absolute atomic E-state index is 13.5. The van der Waals surface area contributed by atoms with Crippen LogP contribution in [0.3, 0.4) is 0 Å². The predicted molar refractivity (Wildman–Crippen MR) is 205 cm³/mol. The van der Waals surface area contributed by atoms with Crippen molar-refractivity contribution in [3.05, 3.63) is 59.4 Å². The van der Waals surface area contributed by atoms with Crippen molar-refractivity contribution in [1.82, 2.24) is 15.4 Å². The first kappa shape index (κ1) is 37.0. The third kappa shape index (κ3) is 5.93. The molecule has 0 spiro atoms. The molecule has 3 amide bonds. The number of carbonyl (C=O) groups is 4. The van der Waals surface area contributed by atoms with Crippen molar-refractivity contribution in [2.45, 2.75) is 121 Å². The zero-order valence-electron chi connectivity index (χ0n) is 31.9. The van der Waals surface area contributed by atoms with Gasteiger partial charge in [-0.3, -0.25) is 14.4 Å². The smallest absolute Gasteiger partial charge is 0.327 e. The van der Waals surface area contributed by atoms with Crippen LogP contribution in [0.15, 0.2) is 52.6 Å². The summed E-state index contributed by atoms with van der Waals surface area (Å²) in [7, 11) is 0. The Bertz CT molecular complexity index is 1940. The van der Waals surface area contributed by atoms with Gasteiger partial charge in [0.25, 0.3) is 5.91 Å². The summed E-state index contributed by atoms with van der Waals surface area (Å²) < 4.78 is 11.2. The first-order valence-corrected chi connectivity index (χ1v) is 20.4. The summed E-state index contributed by atoms with van der Waals surface area (Å²) in [5.41, 5.74) is 5.13. The van der Waals surface area contributed by atoms with Crippen molar-refractivity contribution in [2.75, 3.05) is 11.9 Å². The molecule has 0 bridgehead atoms. The van der Waals surface area contributed by atoms with Crippen LogP contribution in [0.4, 0.5) is 5.69 Å². The minimum absolute atomic E-state index is 0.126. The third-order valence-corrected chi connectivity index (χ3v) is 15.7. The zero-order valence-corrected chi connectivity index (χ0v) is 32.7. The number of carboxylic acids is 1. The van der Waals surface area contributed by atoms with Gasteiger partial charge in [-0.15, -0.1) is 11.8 Å². The van der Waals surface area contributed by atoms with Gasteiger partial charge >= 0.3 is 5.97 Å². The number of hydrogen-bond acceptors (Lipinski definition) is 8. The highest BCUT2D eigenvalue weighted by atomic mass is 32.2. The number of thioether (sulfide) groups is 1. The highest BCUT2D eigenvalue weighted by Crippen LogP contribution is 2.66. The van der Waals surface area contributed by atoms with Gasteiger partial charge in [0.2, 0.25) is 11.8 Å². The Morgan fingerprint density at radius 2 is 1.81 bits per heavy atom. The van der Waals surface area contributed by atoms with Crippen LogP contribution in [0.2, 0.25) is 0 Å². The lowest BCUT2D eigenvalue weighted by Gasteiger charge is -2.58. The number of anilines is 1. The van der Waals surface area contributed by atoms with Crippen LogP contribution >= 0.6 is 11.8 Å². The second-order valence-electron chi connectivity index (χ2n) is 17.5. The molecular formula is C42H52N4O7S. The molecule has 3 saturated carbocycles. The number of amides is 3. The van der Waals surface area contributed by atoms with Crippen molar-refractivity contribution in [1.29, 1.82) is 0 Å². The lowest BCUT2D eigenvalue weighted by atomic mass is 9.47. The molecule has 3 heterocycles. The molecule has 4 aliphatic carbocycles. The van der Waals surface area contributed by atoms with Gasteiger partial charge in [0.05, 0.1) is 19.1 Å². The SMILES string of the molecule is C=C1C=C2CCC3C(CCC4(C)C(OCCC(=O)Nc5ccc(-c6noc(C)c6C(=O)NC6C(=O)N7C6SC(C)(C)C7C(=O)O)cc5)CCC34)C2(C)CC1. The number of rotatable bonds is 9. The maximum atomic E-state index is 13.5. The van der Waals surface area contributed by atoms with Gasteiger partial charge in [-0.1, -0.05) is 54.9 Å². The van der Waals surface area contributed by atoms with Gasteiger partial charge in [-0.25, -0.2) is 4.79 Å². The van der Waals surface area contributed by atoms with Crippen molar-refractivity contribution in [3.8, 4) is 11.3 Å². The fourth-order valence-electron chi connectivity index (χ4n) is 11.3. The minimum atomic E-state index is -1.07. The fourth-order valence-corrected chi connectivity index (χ4v) is 12.9. The summed E-state index contributed by atoms with van der Waals surface area (Å²) in [4.78, 5) is 52.7. The predicted octanol–water partition coefficient (Wildman–Crippen LogP) is 7.13. The Hall–Kier alpha value is -3.90. The Morgan fingerprint density at radius 1 is 1.06 bits per heavy atom. The number of aromatic nitrogens is 1. The molecule has 8 rings (SSSR count). The van der Waals surface area contributed by atoms with Crippen LogP contribution in [0.25, 0.3) is 11.3 Å². The summed E-state index contributed by atoms with van der Waals surface area (Å²) in [6.07, 6.45) is 12.4. The van der Waals surface area contributed by atoms with Crippen LogP contribution in [0, 0.1) is 35.5 Å². The topological polar surface area (TPSA) is 151 Å². The van der Waals surface area contributed by atoms with Crippen LogP contribution in [0.5, 0.6) is 0 Å². The molecule has 0 radical (unpaired) electrons. The van der Waals surface area contributed by atoms with Crippen LogP contribution in [-0.4, -0.2) is 73.8 Å². The van der Waals surface area contributed by atoms with E-state index in [2.05, 4.69) is 42.3 Å². The van der Waals surface area contributed by atoms with Gasteiger partial charge in [0.1, 0.15) is 34.5 Å². The van der Waals surface area contributed by atoms with E-state index in [9.17, 15) is 24.3 Å². The molecule has 9 atom stereocenters. The number of allylic oxidation sites excluding steroid dienone is 3. The van der Waals surface area contributed by atoms with Gasteiger partial charge in [0.15, 0.2) is 0 Å². The third-order valence-electron chi connectivity index (χ3n) is 14.1. The lowest BCUT2D eigenvalue weighted by Crippen LogP contribution is -2.70. The van der Waals surface area contributed by atoms with E-state index in [1.54, 1.807) is 50.6 Å². The average Bonchev–Trinajstić information content (AvgIpc) is 3.76. The van der Waals surface area contributed by atoms with Crippen molar-refractivity contribution < 1.29 is 33.5 Å². The molecule has 9 unspecified atom stereocenters. The number of nitrogens with zero attached hydrogens (tertiary/aromatic N) is 2. The van der Waals surface area contributed by atoms with E-state index in [0.29, 0.717) is 34.9 Å². The van der Waals surface area contributed by atoms with E-state index in [0.717, 1.165) is 24.7 Å². The first-order valence-electron chi connectivity index (χ1n) is 19.5. The molecule has 5 fully saturated rings. The Kier molecular flexibility index (Phi) is 9.19. The quantitative estimate of drug-likeness (QED) is 0.227. The standard InChI is InChI=1S/C42H52N4O7S/c1-22-15-18-41(5)25(21-22)9-12-27-28-13-14-30(42(28,6)19-16-29(27)41)52-20-17-31(47)43-26-10-7-24(8-11-26)33-32(23(2)53-45-33)36(48)44-34-37(49)46-35(39(50)51)40(3,4)54-38(34)46/h7-8,10-11,21,27-30,34-35,38H,1,9,12-20H2,2-6H3,(H,43,47)(H,44,48)(H,50,51). The number of nitrogens with one attached hydrogen (secondary N) is 2. The molecule has 54 heavy (non-hydrogen) atoms. The number of β-lactam (4-membered cyclic amide) rings is 1. The normalized spacial score (nSPS) is 34.9. The van der Waals surface area contributed by atoms with Crippen LogP contribution in [0.1, 0.15) is 102 Å². The molecule has 2 aliphatic heterocycles. The number of hydrogen-bond donors (Lipinski definition) is 3. The van der Waals surface area contributed by atoms with E-state index in [-0.39, 0.29) is 35.2 Å². The van der Waals surface area contributed by atoms with Crippen LogP contribution in [-0.2, 0) is 19.1 Å². The van der Waals surface area contributed by atoms with Crippen molar-refractivity contribution in [3.63, 3.8) is 0 Å². The van der Waals surface area contributed by atoms with E-state index in [1.165, 1.54) is 60.8 Å². The van der Waals surface area contributed by atoms with Crippen molar-refractivity contribution >= 4 is 41.1 Å². The lowest BCUT2D eigenvalue weighted by molar-refractivity contribution is -0.159. The van der Waals surface area contributed by atoms with Gasteiger partial charge in [-0.2, -0.15) is 0 Å². The number of aliphatic carboxylic acids is 1. The zero-order chi connectivity index (χ0) is 38.3. The number of carboxylic acid groups (broad SMARTS) is 1. The second kappa shape index (κ2) is 13.4. The summed E-state index contributed by atoms with van der Waals surface area (Å²) in [6, 6.07) is 5.20. The molecule has 3 N–H and O–H groups in total. The number of ether oxygens (including phenoxy) is 1. The molecule has 11 nitrogen and oxygen atoms in total. The highest BCUT2D eigenvalue weighted by Gasteiger charge is 2.64. The van der Waals surface area contributed by atoms with E-state index < -0.39 is 40.0 Å². The number of fused-ring (bicyclic) bond motifs is 6. The average molecular weight is 757 g/mol. The van der Waals surface area contributed by atoms with Gasteiger partial charge in [0, 0.05) is 16.0 Å². The first-order chi connectivity index (χ1) is 25.6. The molecular weight excluding hydrogens is 705 g/mol. The molecule has 288 valence electrons. The molecule has 1 aromatic carbocycles. The largest absolute Gasteiger partial charge is 0.480 e. The number of carbonyl (C=O) groups excluding carboxylic acids is 3. The van der Waals surface area contributed by atoms with E-state index in [4.69, 9.17) is 9.26 Å². The van der Waals surface area contributed by atoms with Crippen LogP contribution < -0.4 is 10.6 Å². The summed E-state index contributed by atoms with van der Waals surface area (Å²) in [5.74, 6) is 0.310.